The number of rotatable bonds is 7. The van der Waals surface area contributed by atoms with Gasteiger partial charge in [0.2, 0.25) is 0 Å². The van der Waals surface area contributed by atoms with Gasteiger partial charge in [-0.2, -0.15) is 0 Å². The molecule has 0 heterocycles. The van der Waals surface area contributed by atoms with Crippen LogP contribution in [-0.2, 0) is 13.0 Å². The molecule has 0 amide bonds. The van der Waals surface area contributed by atoms with Gasteiger partial charge in [-0.3, -0.25) is 0 Å². The zero-order chi connectivity index (χ0) is 18.4. The van der Waals surface area contributed by atoms with E-state index in [1.165, 1.54) is 11.1 Å². The molecule has 0 spiro atoms. The second-order valence-corrected chi connectivity index (χ2v) is 6.69. The van der Waals surface area contributed by atoms with Crippen molar-refractivity contribution < 1.29 is 4.74 Å². The molecule has 4 N–H and O–H groups in total. The summed E-state index contributed by atoms with van der Waals surface area (Å²) in [5.74, 6) is 1.22. The van der Waals surface area contributed by atoms with Crippen molar-refractivity contribution in [2.24, 2.45) is 5.73 Å². The van der Waals surface area contributed by atoms with Crippen LogP contribution in [0, 0.1) is 0 Å². The monoisotopic (exact) mass is 346 g/mol. The Balaban J connectivity index is 1.69. The molecular formula is C23H26N2O. The van der Waals surface area contributed by atoms with E-state index in [1.54, 1.807) is 0 Å². The Labute approximate surface area is 155 Å². The number of nitrogens with two attached hydrogens (primary N) is 2. The first-order chi connectivity index (χ1) is 12.7. The smallest absolute Gasteiger partial charge is 0.120 e. The molecule has 0 saturated heterocycles. The molecule has 3 heteroatoms. The van der Waals surface area contributed by atoms with Crippen LogP contribution in [-0.4, -0.2) is 6.54 Å². The Hall–Kier alpha value is -2.78. The summed E-state index contributed by atoms with van der Waals surface area (Å²) in [4.78, 5) is 0. The third-order valence-corrected chi connectivity index (χ3v) is 4.66. The maximum absolute atomic E-state index is 6.17. The number of ether oxygens (including phenoxy) is 1. The minimum atomic E-state index is 0.379. The van der Waals surface area contributed by atoms with E-state index in [2.05, 4.69) is 43.3 Å². The van der Waals surface area contributed by atoms with Gasteiger partial charge in [-0.15, -0.1) is 0 Å². The van der Waals surface area contributed by atoms with Crippen molar-refractivity contribution in [1.29, 1.82) is 0 Å². The number of hydrogen-bond acceptors (Lipinski definition) is 3. The minimum absolute atomic E-state index is 0.379. The van der Waals surface area contributed by atoms with Crippen LogP contribution >= 0.6 is 0 Å². The van der Waals surface area contributed by atoms with Crippen molar-refractivity contribution in [3.8, 4) is 5.75 Å². The zero-order valence-electron chi connectivity index (χ0n) is 15.2. The first-order valence-electron chi connectivity index (χ1n) is 8.99. The molecule has 3 aromatic rings. The molecule has 1 atom stereocenters. The normalized spacial score (nSPS) is 11.9. The molecule has 134 valence electrons. The standard InChI is InChI=1S/C23H26N2O/c1-17(15-24)20-9-7-18(8-10-20)13-21-14-22(11-12-23(21)25)26-16-19-5-3-2-4-6-19/h2-12,14,17H,13,15-16,24-25H2,1H3. The van der Waals surface area contributed by atoms with Crippen LogP contribution in [0.5, 0.6) is 5.75 Å². The average Bonchev–Trinajstić information content (AvgIpc) is 2.69. The van der Waals surface area contributed by atoms with Crippen LogP contribution in [0.15, 0.2) is 72.8 Å². The Bertz CT molecular complexity index is 829. The summed E-state index contributed by atoms with van der Waals surface area (Å²) in [6.45, 7) is 3.35. The highest BCUT2D eigenvalue weighted by Crippen LogP contribution is 2.24. The lowest BCUT2D eigenvalue weighted by atomic mass is 9.97. The highest BCUT2D eigenvalue weighted by molar-refractivity contribution is 5.52. The summed E-state index contributed by atoms with van der Waals surface area (Å²) >= 11 is 0. The van der Waals surface area contributed by atoms with E-state index in [0.29, 0.717) is 19.1 Å². The first-order valence-corrected chi connectivity index (χ1v) is 8.99. The van der Waals surface area contributed by atoms with Crippen molar-refractivity contribution in [1.82, 2.24) is 0 Å². The van der Waals surface area contributed by atoms with Gasteiger partial charge in [0, 0.05) is 5.69 Å². The topological polar surface area (TPSA) is 61.3 Å². The molecule has 0 aliphatic heterocycles. The number of nitrogen functional groups attached to an aromatic ring is 1. The molecule has 0 radical (unpaired) electrons. The highest BCUT2D eigenvalue weighted by atomic mass is 16.5. The molecule has 0 fully saturated rings. The molecule has 3 rings (SSSR count). The second-order valence-electron chi connectivity index (χ2n) is 6.69. The van der Waals surface area contributed by atoms with Gasteiger partial charge in [-0.1, -0.05) is 61.5 Å². The molecule has 0 aliphatic carbocycles. The lowest BCUT2D eigenvalue weighted by Crippen LogP contribution is -2.08. The summed E-state index contributed by atoms with van der Waals surface area (Å²) in [7, 11) is 0. The van der Waals surface area contributed by atoms with E-state index in [-0.39, 0.29) is 0 Å². The van der Waals surface area contributed by atoms with Gasteiger partial charge >= 0.3 is 0 Å². The Morgan fingerprint density at radius 1 is 0.885 bits per heavy atom. The summed E-state index contributed by atoms with van der Waals surface area (Å²) < 4.78 is 5.92. The van der Waals surface area contributed by atoms with E-state index in [4.69, 9.17) is 16.2 Å². The van der Waals surface area contributed by atoms with Crippen molar-refractivity contribution in [3.63, 3.8) is 0 Å². The van der Waals surface area contributed by atoms with Crippen molar-refractivity contribution >= 4 is 5.69 Å². The third kappa shape index (κ3) is 4.64. The number of benzene rings is 3. The molecule has 0 aromatic heterocycles. The van der Waals surface area contributed by atoms with Crippen LogP contribution < -0.4 is 16.2 Å². The van der Waals surface area contributed by atoms with Crippen LogP contribution in [0.3, 0.4) is 0 Å². The van der Waals surface area contributed by atoms with E-state index in [9.17, 15) is 0 Å². The van der Waals surface area contributed by atoms with Gasteiger partial charge in [-0.25, -0.2) is 0 Å². The van der Waals surface area contributed by atoms with Gasteiger partial charge in [-0.05, 0) is 59.3 Å². The Kier molecular flexibility index (Phi) is 5.92. The summed E-state index contributed by atoms with van der Waals surface area (Å²) in [5.41, 5.74) is 17.4. The molecule has 3 aromatic carbocycles. The molecular weight excluding hydrogens is 320 g/mol. The predicted molar refractivity (Wildman–Crippen MR) is 108 cm³/mol. The largest absolute Gasteiger partial charge is 0.489 e. The van der Waals surface area contributed by atoms with Crippen LogP contribution in [0.25, 0.3) is 0 Å². The molecule has 26 heavy (non-hydrogen) atoms. The van der Waals surface area contributed by atoms with E-state index < -0.39 is 0 Å². The van der Waals surface area contributed by atoms with Crippen molar-refractivity contribution in [2.75, 3.05) is 12.3 Å². The molecule has 0 saturated carbocycles. The maximum atomic E-state index is 6.17. The van der Waals surface area contributed by atoms with Gasteiger partial charge < -0.3 is 16.2 Å². The Morgan fingerprint density at radius 3 is 2.31 bits per heavy atom. The summed E-state index contributed by atoms with van der Waals surface area (Å²) in [5, 5.41) is 0. The average molecular weight is 346 g/mol. The quantitative estimate of drug-likeness (QED) is 0.619. The maximum Gasteiger partial charge on any atom is 0.120 e. The first kappa shape index (κ1) is 18.0. The fourth-order valence-corrected chi connectivity index (χ4v) is 2.89. The lowest BCUT2D eigenvalue weighted by Gasteiger charge is -2.12. The minimum Gasteiger partial charge on any atom is -0.489 e. The van der Waals surface area contributed by atoms with E-state index in [1.807, 2.05) is 36.4 Å². The summed E-state index contributed by atoms with van der Waals surface area (Å²) in [6, 6.07) is 24.6. The molecule has 0 bridgehead atoms. The fourth-order valence-electron chi connectivity index (χ4n) is 2.89. The zero-order valence-corrected chi connectivity index (χ0v) is 15.2. The molecule has 1 unspecified atom stereocenters. The SMILES string of the molecule is CC(CN)c1ccc(Cc2cc(OCc3ccccc3)ccc2N)cc1. The van der Waals surface area contributed by atoms with Gasteiger partial charge in [0.15, 0.2) is 0 Å². The third-order valence-electron chi connectivity index (χ3n) is 4.66. The van der Waals surface area contributed by atoms with Gasteiger partial charge in [0.1, 0.15) is 12.4 Å². The lowest BCUT2D eigenvalue weighted by molar-refractivity contribution is 0.306. The highest BCUT2D eigenvalue weighted by Gasteiger charge is 2.06. The predicted octanol–water partition coefficient (Wildman–Crippen LogP) is 4.50. The molecule has 0 aliphatic rings. The number of hydrogen-bond donors (Lipinski definition) is 2. The van der Waals surface area contributed by atoms with E-state index in [0.717, 1.165) is 29.0 Å². The van der Waals surface area contributed by atoms with Crippen LogP contribution in [0.2, 0.25) is 0 Å². The van der Waals surface area contributed by atoms with Gasteiger partial charge in [0.05, 0.1) is 0 Å². The summed E-state index contributed by atoms with van der Waals surface area (Å²) in [6.07, 6.45) is 0.783. The van der Waals surface area contributed by atoms with Gasteiger partial charge in [0.25, 0.3) is 0 Å². The Morgan fingerprint density at radius 2 is 1.62 bits per heavy atom. The van der Waals surface area contributed by atoms with Crippen molar-refractivity contribution in [3.05, 3.63) is 95.1 Å². The molecule has 3 nitrogen and oxygen atoms in total. The fraction of sp³-hybridized carbons (Fsp3) is 0.217. The second kappa shape index (κ2) is 8.54. The van der Waals surface area contributed by atoms with Crippen LogP contribution in [0.1, 0.15) is 35.1 Å². The van der Waals surface area contributed by atoms with E-state index >= 15 is 0 Å². The number of anilines is 1. The van der Waals surface area contributed by atoms with Crippen LogP contribution in [0.4, 0.5) is 5.69 Å². The van der Waals surface area contributed by atoms with Crippen molar-refractivity contribution in [2.45, 2.75) is 25.9 Å².